The van der Waals surface area contributed by atoms with E-state index in [1.165, 1.54) is 6.08 Å². The van der Waals surface area contributed by atoms with Gasteiger partial charge in [0.2, 0.25) is 5.91 Å². The molecule has 0 unspecified atom stereocenters. The molecule has 1 atom stereocenters. The van der Waals surface area contributed by atoms with Crippen molar-refractivity contribution in [3.8, 4) is 17.2 Å². The van der Waals surface area contributed by atoms with Gasteiger partial charge < -0.3 is 19.5 Å². The van der Waals surface area contributed by atoms with Gasteiger partial charge >= 0.3 is 0 Å². The van der Waals surface area contributed by atoms with Crippen LogP contribution < -0.4 is 19.5 Å². The van der Waals surface area contributed by atoms with Gasteiger partial charge in [0.15, 0.2) is 0 Å². The van der Waals surface area contributed by atoms with Crippen molar-refractivity contribution in [1.29, 1.82) is 0 Å². The van der Waals surface area contributed by atoms with E-state index in [0.717, 1.165) is 27.6 Å². The smallest absolute Gasteiger partial charge is 0.244 e. The van der Waals surface area contributed by atoms with Crippen LogP contribution in [0.3, 0.4) is 0 Å². The number of hydrogen-bond acceptors (Lipinski definition) is 4. The highest BCUT2D eigenvalue weighted by Crippen LogP contribution is 2.29. The van der Waals surface area contributed by atoms with Crippen molar-refractivity contribution in [3.05, 3.63) is 71.8 Å². The summed E-state index contributed by atoms with van der Waals surface area (Å²) in [5.41, 5.74) is 1.80. The zero-order valence-electron chi connectivity index (χ0n) is 17.1. The lowest BCUT2D eigenvalue weighted by molar-refractivity contribution is -0.117. The average Bonchev–Trinajstić information content (AvgIpc) is 2.76. The van der Waals surface area contributed by atoms with Crippen molar-refractivity contribution in [3.63, 3.8) is 0 Å². The summed E-state index contributed by atoms with van der Waals surface area (Å²) in [6.07, 6.45) is 3.34. The van der Waals surface area contributed by atoms with E-state index in [2.05, 4.69) is 5.32 Å². The predicted molar refractivity (Wildman–Crippen MR) is 116 cm³/mol. The van der Waals surface area contributed by atoms with Crippen molar-refractivity contribution in [2.24, 2.45) is 0 Å². The third-order valence-corrected chi connectivity index (χ3v) is 4.76. The molecule has 0 aromatic heterocycles. The molecule has 150 valence electrons. The van der Waals surface area contributed by atoms with E-state index in [1.54, 1.807) is 27.4 Å². The van der Waals surface area contributed by atoms with Crippen LogP contribution in [-0.4, -0.2) is 27.2 Å². The van der Waals surface area contributed by atoms with E-state index in [-0.39, 0.29) is 11.9 Å². The van der Waals surface area contributed by atoms with E-state index < -0.39 is 0 Å². The molecular formula is C24H25NO4. The van der Waals surface area contributed by atoms with Gasteiger partial charge in [0, 0.05) is 11.6 Å². The fourth-order valence-corrected chi connectivity index (χ4v) is 3.16. The molecule has 0 spiro atoms. The first-order valence-corrected chi connectivity index (χ1v) is 9.32. The Kier molecular flexibility index (Phi) is 6.39. The van der Waals surface area contributed by atoms with E-state index in [1.807, 2.05) is 61.5 Å². The zero-order chi connectivity index (χ0) is 20.8. The number of methoxy groups -OCH3 is 3. The predicted octanol–water partition coefficient (Wildman–Crippen LogP) is 4.76. The Morgan fingerprint density at radius 1 is 0.862 bits per heavy atom. The van der Waals surface area contributed by atoms with Crippen LogP contribution in [0.15, 0.2) is 60.7 Å². The fourth-order valence-electron chi connectivity index (χ4n) is 3.16. The Hall–Kier alpha value is -3.47. The Morgan fingerprint density at radius 3 is 2.24 bits per heavy atom. The molecule has 0 saturated carbocycles. The van der Waals surface area contributed by atoms with Crippen LogP contribution in [0.2, 0.25) is 0 Å². The molecule has 1 amide bonds. The minimum absolute atomic E-state index is 0.183. The molecule has 29 heavy (non-hydrogen) atoms. The third-order valence-electron chi connectivity index (χ3n) is 4.76. The maximum Gasteiger partial charge on any atom is 0.244 e. The van der Waals surface area contributed by atoms with Crippen LogP contribution in [0.5, 0.6) is 17.2 Å². The number of carbonyl (C=O) groups excluding carboxylic acids is 1. The standard InChI is InChI=1S/C24H25NO4/c1-16(22-15-21(28-3)10-11-23(22)29-4)25-24(26)12-6-17-5-7-19-14-20(27-2)9-8-18(19)13-17/h5-16H,1-4H3,(H,25,26)/b12-6+/t16-/m0/s1. The molecule has 3 aromatic carbocycles. The van der Waals surface area contributed by atoms with Gasteiger partial charge in [-0.2, -0.15) is 0 Å². The lowest BCUT2D eigenvalue weighted by atomic mass is 10.1. The summed E-state index contributed by atoms with van der Waals surface area (Å²) in [6.45, 7) is 1.91. The maximum atomic E-state index is 12.4. The van der Waals surface area contributed by atoms with Crippen LogP contribution in [0.1, 0.15) is 24.1 Å². The molecule has 5 nitrogen and oxygen atoms in total. The van der Waals surface area contributed by atoms with Crippen molar-refractivity contribution in [2.75, 3.05) is 21.3 Å². The van der Waals surface area contributed by atoms with E-state index in [0.29, 0.717) is 11.5 Å². The third kappa shape index (κ3) is 4.88. The van der Waals surface area contributed by atoms with Gasteiger partial charge in [0.1, 0.15) is 17.2 Å². The summed E-state index contributed by atoms with van der Waals surface area (Å²) >= 11 is 0. The van der Waals surface area contributed by atoms with E-state index in [4.69, 9.17) is 14.2 Å². The fraction of sp³-hybridized carbons (Fsp3) is 0.208. The summed E-state index contributed by atoms with van der Waals surface area (Å²) in [6, 6.07) is 17.2. The first-order chi connectivity index (χ1) is 14.0. The van der Waals surface area contributed by atoms with Gasteiger partial charge in [-0.1, -0.05) is 18.2 Å². The molecule has 3 rings (SSSR count). The number of amides is 1. The summed E-state index contributed by atoms with van der Waals surface area (Å²) in [5, 5.41) is 5.14. The number of nitrogens with one attached hydrogen (secondary N) is 1. The average molecular weight is 391 g/mol. The Morgan fingerprint density at radius 2 is 1.52 bits per heavy atom. The Bertz CT molecular complexity index is 1040. The summed E-state index contributed by atoms with van der Waals surface area (Å²) in [5.74, 6) is 2.05. The van der Waals surface area contributed by atoms with Crippen LogP contribution in [-0.2, 0) is 4.79 Å². The zero-order valence-corrected chi connectivity index (χ0v) is 17.1. The molecule has 1 N–H and O–H groups in total. The number of carbonyl (C=O) groups is 1. The summed E-state index contributed by atoms with van der Waals surface area (Å²) in [7, 11) is 4.87. The molecule has 0 radical (unpaired) electrons. The van der Waals surface area contributed by atoms with E-state index >= 15 is 0 Å². The van der Waals surface area contributed by atoms with Gasteiger partial charge in [-0.25, -0.2) is 0 Å². The van der Waals surface area contributed by atoms with Crippen molar-refractivity contribution < 1.29 is 19.0 Å². The topological polar surface area (TPSA) is 56.8 Å². The van der Waals surface area contributed by atoms with Crippen LogP contribution in [0.25, 0.3) is 16.8 Å². The van der Waals surface area contributed by atoms with Crippen LogP contribution in [0.4, 0.5) is 0 Å². The first-order valence-electron chi connectivity index (χ1n) is 9.32. The number of ether oxygens (including phenoxy) is 3. The minimum Gasteiger partial charge on any atom is -0.497 e. The molecule has 0 bridgehead atoms. The molecule has 0 fully saturated rings. The quantitative estimate of drug-likeness (QED) is 0.590. The van der Waals surface area contributed by atoms with E-state index in [9.17, 15) is 4.79 Å². The maximum absolute atomic E-state index is 12.4. The number of benzene rings is 3. The lowest BCUT2D eigenvalue weighted by Gasteiger charge is -2.17. The second kappa shape index (κ2) is 9.15. The Labute approximate surface area is 170 Å². The molecule has 0 saturated heterocycles. The molecule has 0 heterocycles. The molecule has 3 aromatic rings. The summed E-state index contributed by atoms with van der Waals surface area (Å²) in [4.78, 5) is 12.4. The lowest BCUT2D eigenvalue weighted by Crippen LogP contribution is -2.25. The second-order valence-electron chi connectivity index (χ2n) is 6.64. The van der Waals surface area contributed by atoms with Gasteiger partial charge in [-0.15, -0.1) is 0 Å². The van der Waals surface area contributed by atoms with Gasteiger partial charge in [-0.05, 0) is 65.7 Å². The highest BCUT2D eigenvalue weighted by molar-refractivity contribution is 5.93. The van der Waals surface area contributed by atoms with Crippen molar-refractivity contribution in [1.82, 2.24) is 5.32 Å². The van der Waals surface area contributed by atoms with Crippen molar-refractivity contribution in [2.45, 2.75) is 13.0 Å². The van der Waals surface area contributed by atoms with Gasteiger partial charge in [-0.3, -0.25) is 4.79 Å². The van der Waals surface area contributed by atoms with Gasteiger partial charge in [0.05, 0.1) is 27.4 Å². The molecular weight excluding hydrogens is 366 g/mol. The largest absolute Gasteiger partial charge is 0.497 e. The van der Waals surface area contributed by atoms with Crippen LogP contribution >= 0.6 is 0 Å². The van der Waals surface area contributed by atoms with Crippen LogP contribution in [0, 0.1) is 0 Å². The highest BCUT2D eigenvalue weighted by atomic mass is 16.5. The SMILES string of the molecule is COc1ccc(OC)c([C@H](C)NC(=O)/C=C/c2ccc3cc(OC)ccc3c2)c1. The molecule has 5 heteroatoms. The number of fused-ring (bicyclic) bond motifs is 1. The molecule has 0 aliphatic rings. The Balaban J connectivity index is 1.71. The van der Waals surface area contributed by atoms with Gasteiger partial charge in [0.25, 0.3) is 0 Å². The monoisotopic (exact) mass is 391 g/mol. The summed E-state index contributed by atoms with van der Waals surface area (Å²) < 4.78 is 15.9. The normalized spacial score (nSPS) is 12.0. The van der Waals surface area contributed by atoms with Crippen molar-refractivity contribution >= 4 is 22.8 Å². The number of rotatable bonds is 7. The molecule has 0 aliphatic heterocycles. The minimum atomic E-state index is -0.235. The highest BCUT2D eigenvalue weighted by Gasteiger charge is 2.14. The molecule has 0 aliphatic carbocycles. The first kappa shape index (κ1) is 20.3. The number of hydrogen-bond donors (Lipinski definition) is 1. The second-order valence-corrected chi connectivity index (χ2v) is 6.64.